The fraction of sp³-hybridized carbons (Fsp3) is 0.353. The second-order valence-corrected chi connectivity index (χ2v) is 5.49. The van der Waals surface area contributed by atoms with Gasteiger partial charge in [-0.05, 0) is 30.2 Å². The van der Waals surface area contributed by atoms with Gasteiger partial charge in [-0.1, -0.05) is 31.5 Å². The van der Waals surface area contributed by atoms with E-state index in [1.54, 1.807) is 12.1 Å². The molecule has 0 aliphatic carbocycles. The molecule has 0 saturated carbocycles. The second kappa shape index (κ2) is 8.18. The minimum absolute atomic E-state index is 0. The van der Waals surface area contributed by atoms with Crippen LogP contribution in [0.4, 0.5) is 22.0 Å². The Hall–Kier alpha value is -1.93. The molecule has 0 fully saturated rings. The summed E-state index contributed by atoms with van der Waals surface area (Å²) < 4.78 is 66.2. The largest absolute Gasteiger partial charge is 0.499 e. The number of aliphatic hydroxyl groups is 1. The van der Waals surface area contributed by atoms with E-state index in [0.717, 1.165) is 12.1 Å². The molecule has 1 heterocycles. The maximum atomic E-state index is 12.9. The van der Waals surface area contributed by atoms with Crippen LogP contribution in [0.15, 0.2) is 48.8 Å². The molecule has 0 aliphatic rings. The molecule has 0 aliphatic heterocycles. The van der Waals surface area contributed by atoms with Gasteiger partial charge in [0.05, 0.1) is 0 Å². The third kappa shape index (κ3) is 4.62. The summed E-state index contributed by atoms with van der Waals surface area (Å²) in [5.74, 6) is -0.656. The highest BCUT2D eigenvalue weighted by Crippen LogP contribution is 2.39. The Morgan fingerprint density at radius 3 is 2.08 bits per heavy atom. The van der Waals surface area contributed by atoms with Crippen LogP contribution in [0.3, 0.4) is 0 Å². The van der Waals surface area contributed by atoms with Crippen LogP contribution in [0.5, 0.6) is 5.75 Å². The molecule has 0 amide bonds. The molecule has 1 aromatic carbocycles. The summed E-state index contributed by atoms with van der Waals surface area (Å²) in [6.07, 6.45) is -7.18. The van der Waals surface area contributed by atoms with E-state index in [1.807, 2.05) is 6.92 Å². The zero-order valence-electron chi connectivity index (χ0n) is 13.6. The van der Waals surface area contributed by atoms with E-state index in [0.29, 0.717) is 24.0 Å². The van der Waals surface area contributed by atoms with E-state index in [-0.39, 0.29) is 12.4 Å². The number of hydrogen-bond donors (Lipinski definition) is 1. The Balaban J connectivity index is 0.00000338. The monoisotopic (exact) mass is 397 g/mol. The van der Waals surface area contributed by atoms with E-state index >= 15 is 0 Å². The number of aromatic nitrogens is 1. The third-order valence-corrected chi connectivity index (χ3v) is 3.66. The van der Waals surface area contributed by atoms with Crippen molar-refractivity contribution >= 4 is 12.4 Å². The SMILES string of the molecule is CCCC(O)(c1ccc(OC(F)(F)C(F)(F)F)cc1)c1cccnc1.Cl. The van der Waals surface area contributed by atoms with Crippen LogP contribution >= 0.6 is 12.4 Å². The van der Waals surface area contributed by atoms with Crippen LogP contribution in [0, 0.1) is 0 Å². The first-order valence-electron chi connectivity index (χ1n) is 7.47. The molecule has 9 heteroatoms. The highest BCUT2D eigenvalue weighted by atomic mass is 35.5. The lowest BCUT2D eigenvalue weighted by molar-refractivity contribution is -0.360. The van der Waals surface area contributed by atoms with Gasteiger partial charge in [0.25, 0.3) is 0 Å². The predicted octanol–water partition coefficient (Wildman–Crippen LogP) is 5.07. The van der Waals surface area contributed by atoms with Crippen molar-refractivity contribution in [2.45, 2.75) is 37.7 Å². The summed E-state index contributed by atoms with van der Waals surface area (Å²) in [5.41, 5.74) is -0.607. The molecule has 3 nitrogen and oxygen atoms in total. The zero-order valence-corrected chi connectivity index (χ0v) is 14.5. The molecule has 0 radical (unpaired) electrons. The van der Waals surface area contributed by atoms with Crippen LogP contribution in [0.1, 0.15) is 30.9 Å². The number of halogens is 6. The van der Waals surface area contributed by atoms with Gasteiger partial charge >= 0.3 is 12.3 Å². The predicted molar refractivity (Wildman–Crippen MR) is 87.5 cm³/mol. The Kier molecular flexibility index (Phi) is 6.95. The zero-order chi connectivity index (χ0) is 18.7. The first kappa shape index (κ1) is 22.1. The summed E-state index contributed by atoms with van der Waals surface area (Å²) in [4.78, 5) is 3.94. The molecule has 0 saturated heterocycles. The van der Waals surface area contributed by atoms with Gasteiger partial charge in [0.2, 0.25) is 0 Å². The van der Waals surface area contributed by atoms with Crippen molar-refractivity contribution in [1.29, 1.82) is 0 Å². The van der Waals surface area contributed by atoms with Crippen molar-refractivity contribution in [1.82, 2.24) is 4.98 Å². The lowest BCUT2D eigenvalue weighted by Crippen LogP contribution is -2.41. The maximum absolute atomic E-state index is 12.9. The lowest BCUT2D eigenvalue weighted by atomic mass is 9.83. The van der Waals surface area contributed by atoms with Gasteiger partial charge in [0, 0.05) is 18.0 Å². The summed E-state index contributed by atoms with van der Waals surface area (Å²) in [7, 11) is 0. The molecule has 2 aromatic rings. The van der Waals surface area contributed by atoms with Gasteiger partial charge in [0.15, 0.2) is 0 Å². The minimum Gasteiger partial charge on any atom is -0.426 e. The van der Waals surface area contributed by atoms with Crippen molar-refractivity contribution < 1.29 is 31.8 Å². The average Bonchev–Trinajstić information content (AvgIpc) is 2.55. The van der Waals surface area contributed by atoms with Crippen molar-refractivity contribution in [3.8, 4) is 5.75 Å². The van der Waals surface area contributed by atoms with Crippen molar-refractivity contribution in [3.05, 3.63) is 59.9 Å². The standard InChI is InChI=1S/C17H16F5NO2.ClH/c1-2-9-15(24,13-4-3-10-23-11-13)12-5-7-14(8-6-12)25-17(21,22)16(18,19)20;/h3-8,10-11,24H,2,9H2,1H3;1H. The number of rotatable bonds is 6. The van der Waals surface area contributed by atoms with Gasteiger partial charge in [-0.15, -0.1) is 12.4 Å². The van der Waals surface area contributed by atoms with Gasteiger partial charge in [-0.25, -0.2) is 0 Å². The smallest absolute Gasteiger partial charge is 0.426 e. The molecule has 1 atom stereocenters. The van der Waals surface area contributed by atoms with Gasteiger partial charge < -0.3 is 9.84 Å². The Labute approximate surface area is 153 Å². The minimum atomic E-state index is -5.82. The number of alkyl halides is 5. The highest BCUT2D eigenvalue weighted by Gasteiger charge is 2.61. The fourth-order valence-corrected chi connectivity index (χ4v) is 2.43. The first-order valence-corrected chi connectivity index (χ1v) is 7.47. The van der Waals surface area contributed by atoms with E-state index < -0.39 is 23.6 Å². The van der Waals surface area contributed by atoms with Gasteiger partial charge in [-0.2, -0.15) is 22.0 Å². The summed E-state index contributed by atoms with van der Waals surface area (Å²) in [6.45, 7) is 1.85. The van der Waals surface area contributed by atoms with E-state index in [2.05, 4.69) is 9.72 Å². The van der Waals surface area contributed by atoms with Crippen molar-refractivity contribution in [2.75, 3.05) is 0 Å². The van der Waals surface area contributed by atoms with Crippen molar-refractivity contribution in [2.24, 2.45) is 0 Å². The van der Waals surface area contributed by atoms with Gasteiger partial charge in [0.1, 0.15) is 11.4 Å². The first-order chi connectivity index (χ1) is 11.6. The molecule has 26 heavy (non-hydrogen) atoms. The molecular formula is C17H17ClF5NO2. The molecule has 1 aromatic heterocycles. The third-order valence-electron chi connectivity index (χ3n) is 3.66. The number of pyridine rings is 1. The average molecular weight is 398 g/mol. The lowest BCUT2D eigenvalue weighted by Gasteiger charge is -2.29. The van der Waals surface area contributed by atoms with Crippen LogP contribution in [-0.4, -0.2) is 22.4 Å². The topological polar surface area (TPSA) is 42.4 Å². The Morgan fingerprint density at radius 1 is 1.00 bits per heavy atom. The Bertz CT molecular complexity index is 695. The quantitative estimate of drug-likeness (QED) is 0.692. The fourth-order valence-electron chi connectivity index (χ4n) is 2.43. The van der Waals surface area contributed by atoms with Crippen LogP contribution in [0.2, 0.25) is 0 Å². The van der Waals surface area contributed by atoms with Crippen LogP contribution in [0.25, 0.3) is 0 Å². The summed E-state index contributed by atoms with van der Waals surface area (Å²) in [6, 6.07) is 7.73. The normalized spacial score (nSPS) is 14.3. The molecule has 0 spiro atoms. The molecule has 1 N–H and O–H groups in total. The van der Waals surface area contributed by atoms with E-state index in [9.17, 15) is 27.1 Å². The summed E-state index contributed by atoms with van der Waals surface area (Å²) in [5, 5.41) is 11.0. The van der Waals surface area contributed by atoms with Crippen LogP contribution < -0.4 is 4.74 Å². The van der Waals surface area contributed by atoms with Crippen LogP contribution in [-0.2, 0) is 5.60 Å². The number of benzene rings is 1. The second-order valence-electron chi connectivity index (χ2n) is 5.49. The molecule has 0 bridgehead atoms. The highest BCUT2D eigenvalue weighted by molar-refractivity contribution is 5.85. The number of ether oxygens (including phenoxy) is 1. The summed E-state index contributed by atoms with van der Waals surface area (Å²) >= 11 is 0. The molecule has 1 unspecified atom stereocenters. The van der Waals surface area contributed by atoms with Gasteiger partial charge in [-0.3, -0.25) is 4.98 Å². The number of nitrogens with zero attached hydrogens (tertiary/aromatic N) is 1. The molecule has 2 rings (SSSR count). The van der Waals surface area contributed by atoms with E-state index in [1.165, 1.54) is 24.5 Å². The Morgan fingerprint density at radius 2 is 1.62 bits per heavy atom. The van der Waals surface area contributed by atoms with E-state index in [4.69, 9.17) is 0 Å². The molecular weight excluding hydrogens is 381 g/mol. The number of hydrogen-bond acceptors (Lipinski definition) is 3. The maximum Gasteiger partial charge on any atom is 0.499 e. The van der Waals surface area contributed by atoms with Crippen molar-refractivity contribution in [3.63, 3.8) is 0 Å². The molecule has 144 valence electrons.